The van der Waals surface area contributed by atoms with E-state index in [-0.39, 0.29) is 5.91 Å². The average Bonchev–Trinajstić information content (AvgIpc) is 3.05. The molecule has 0 N–H and O–H groups in total. The molecule has 0 atom stereocenters. The number of aliphatic imine (C=N–C) groups is 1. The van der Waals surface area contributed by atoms with Gasteiger partial charge in [-0.2, -0.15) is 0 Å². The molecule has 24 heavy (non-hydrogen) atoms. The van der Waals surface area contributed by atoms with E-state index in [1.807, 2.05) is 57.5 Å². The molecule has 1 aromatic rings. The van der Waals surface area contributed by atoms with Gasteiger partial charge in [0.15, 0.2) is 0 Å². The zero-order chi connectivity index (χ0) is 16.5. The Bertz CT molecular complexity index is 716. The van der Waals surface area contributed by atoms with E-state index in [1.165, 1.54) is 0 Å². The van der Waals surface area contributed by atoms with E-state index in [0.717, 1.165) is 43.3 Å². The Balaban J connectivity index is 1.50. The molecule has 1 amide bonds. The highest BCUT2D eigenvalue weighted by molar-refractivity contribution is 6.02. The van der Waals surface area contributed by atoms with Crippen molar-refractivity contribution in [3.63, 3.8) is 0 Å². The summed E-state index contributed by atoms with van der Waals surface area (Å²) in [6.45, 7) is 3.96. The van der Waals surface area contributed by atoms with E-state index in [2.05, 4.69) is 16.9 Å². The van der Waals surface area contributed by atoms with Gasteiger partial charge in [0.25, 0.3) is 5.91 Å². The number of piperazine rings is 1. The first-order chi connectivity index (χ1) is 11.7. The number of hydrazine groups is 1. The van der Waals surface area contributed by atoms with Crippen LogP contribution in [0.4, 0.5) is 5.69 Å². The van der Waals surface area contributed by atoms with Gasteiger partial charge in [-0.1, -0.05) is 18.2 Å². The summed E-state index contributed by atoms with van der Waals surface area (Å²) in [7, 11) is 2.09. The van der Waals surface area contributed by atoms with E-state index in [9.17, 15) is 4.79 Å². The van der Waals surface area contributed by atoms with Gasteiger partial charge < -0.3 is 9.80 Å². The summed E-state index contributed by atoms with van der Waals surface area (Å²) in [4.78, 5) is 21.4. The van der Waals surface area contributed by atoms with Gasteiger partial charge >= 0.3 is 0 Å². The molecule has 1 fully saturated rings. The van der Waals surface area contributed by atoms with Gasteiger partial charge in [0.05, 0.1) is 17.8 Å². The fraction of sp³-hybridized carbons (Fsp3) is 0.333. The molecular weight excluding hydrogens is 302 g/mol. The zero-order valence-corrected chi connectivity index (χ0v) is 13.8. The van der Waals surface area contributed by atoms with E-state index in [0.29, 0.717) is 6.54 Å². The summed E-state index contributed by atoms with van der Waals surface area (Å²) in [6, 6.07) is 10.1. The maximum Gasteiger partial charge on any atom is 0.253 e. The Morgan fingerprint density at radius 1 is 1.08 bits per heavy atom. The maximum absolute atomic E-state index is 12.8. The molecule has 0 saturated carbocycles. The second kappa shape index (κ2) is 6.13. The lowest BCUT2D eigenvalue weighted by molar-refractivity contribution is -0.128. The van der Waals surface area contributed by atoms with Crippen molar-refractivity contribution in [3.05, 3.63) is 54.4 Å². The molecule has 4 rings (SSSR count). The topological polar surface area (TPSA) is 42.4 Å². The smallest absolute Gasteiger partial charge is 0.253 e. The third-order valence-corrected chi connectivity index (χ3v) is 4.65. The molecule has 0 radical (unpaired) electrons. The number of carbonyl (C=O) groups excluding carboxylic acids is 1. The van der Waals surface area contributed by atoms with Crippen molar-refractivity contribution >= 4 is 17.4 Å². The van der Waals surface area contributed by atoms with Crippen LogP contribution in [0.2, 0.25) is 0 Å². The summed E-state index contributed by atoms with van der Waals surface area (Å²) in [6.07, 6.45) is 5.69. The number of nitrogens with zero attached hydrogens (tertiary/aromatic N) is 5. The highest BCUT2D eigenvalue weighted by Gasteiger charge is 2.30. The lowest BCUT2D eigenvalue weighted by Crippen LogP contribution is -2.50. The number of rotatable bonds is 2. The molecule has 6 nitrogen and oxygen atoms in total. The van der Waals surface area contributed by atoms with Gasteiger partial charge in [0.2, 0.25) is 0 Å². The summed E-state index contributed by atoms with van der Waals surface area (Å²) in [5.41, 5.74) is 1.81. The molecule has 1 aromatic carbocycles. The largest absolute Gasteiger partial charge is 0.336 e. The second-order valence-electron chi connectivity index (χ2n) is 6.29. The number of amidine groups is 1. The first-order valence-electron chi connectivity index (χ1n) is 8.27. The molecule has 0 spiro atoms. The van der Waals surface area contributed by atoms with Crippen LogP contribution >= 0.6 is 0 Å². The number of hydrogen-bond acceptors (Lipinski definition) is 5. The molecule has 124 valence electrons. The van der Waals surface area contributed by atoms with E-state index in [1.54, 1.807) is 6.20 Å². The number of benzene rings is 1. The van der Waals surface area contributed by atoms with Crippen molar-refractivity contribution in [2.75, 3.05) is 44.8 Å². The van der Waals surface area contributed by atoms with E-state index in [4.69, 9.17) is 0 Å². The summed E-state index contributed by atoms with van der Waals surface area (Å²) >= 11 is 0. The van der Waals surface area contributed by atoms with Gasteiger partial charge in [-0.25, -0.2) is 4.99 Å². The average molecular weight is 323 g/mol. The molecule has 3 aliphatic heterocycles. The molecule has 0 bridgehead atoms. The van der Waals surface area contributed by atoms with E-state index >= 15 is 0 Å². The standard InChI is InChI=1S/C18H21N5O/c1-20-9-11-21(12-10-20)18(24)15-13-19-17-7-8-22(23(17)14-15)16-5-3-2-4-6-16/h2-8,13H,9-12,14H2,1H3. The van der Waals surface area contributed by atoms with Crippen LogP contribution in [0.5, 0.6) is 0 Å². The predicted molar refractivity (Wildman–Crippen MR) is 94.4 cm³/mol. The highest BCUT2D eigenvalue weighted by atomic mass is 16.2. The number of anilines is 1. The van der Waals surface area contributed by atoms with Crippen LogP contribution in [0.15, 0.2) is 59.4 Å². The normalized spacial score (nSPS) is 20.8. The van der Waals surface area contributed by atoms with Gasteiger partial charge in [0, 0.05) is 44.7 Å². The number of fused-ring (bicyclic) bond motifs is 1. The van der Waals surface area contributed by atoms with Crippen LogP contribution in [0.3, 0.4) is 0 Å². The number of amides is 1. The van der Waals surface area contributed by atoms with E-state index < -0.39 is 0 Å². The first-order valence-corrected chi connectivity index (χ1v) is 8.27. The second-order valence-corrected chi connectivity index (χ2v) is 6.29. The van der Waals surface area contributed by atoms with Crippen molar-refractivity contribution < 1.29 is 4.79 Å². The quantitative estimate of drug-likeness (QED) is 0.823. The molecule has 0 aromatic heterocycles. The Labute approximate surface area is 141 Å². The third kappa shape index (κ3) is 2.69. The minimum absolute atomic E-state index is 0.103. The molecule has 3 heterocycles. The Kier molecular flexibility index (Phi) is 3.82. The molecule has 0 unspecified atom stereocenters. The minimum Gasteiger partial charge on any atom is -0.336 e. The van der Waals surface area contributed by atoms with Crippen LogP contribution in [0.25, 0.3) is 0 Å². The SMILES string of the molecule is CN1CCN(C(=O)C2=CN=C3C=CN(c4ccccc4)N3C2)CC1. The number of carbonyl (C=O) groups is 1. The Morgan fingerprint density at radius 2 is 1.83 bits per heavy atom. The fourth-order valence-corrected chi connectivity index (χ4v) is 3.17. The number of hydrogen-bond donors (Lipinski definition) is 0. The third-order valence-electron chi connectivity index (χ3n) is 4.65. The monoisotopic (exact) mass is 323 g/mol. The van der Waals surface area contributed by atoms with Crippen molar-refractivity contribution in [2.24, 2.45) is 4.99 Å². The van der Waals surface area contributed by atoms with Gasteiger partial charge in [-0.3, -0.25) is 14.8 Å². The lowest BCUT2D eigenvalue weighted by atomic mass is 10.2. The minimum atomic E-state index is 0.103. The van der Waals surface area contributed by atoms with Crippen LogP contribution in [0.1, 0.15) is 0 Å². The van der Waals surface area contributed by atoms with Crippen LogP contribution in [-0.4, -0.2) is 66.3 Å². The predicted octanol–water partition coefficient (Wildman–Crippen LogP) is 1.31. The maximum atomic E-state index is 12.8. The zero-order valence-electron chi connectivity index (χ0n) is 13.8. The molecule has 1 saturated heterocycles. The lowest BCUT2D eigenvalue weighted by Gasteiger charge is -2.36. The number of para-hydroxylation sites is 1. The van der Waals surface area contributed by atoms with Gasteiger partial charge in [-0.15, -0.1) is 0 Å². The van der Waals surface area contributed by atoms with Crippen molar-refractivity contribution in [1.82, 2.24) is 14.8 Å². The van der Waals surface area contributed by atoms with Gasteiger partial charge in [-0.05, 0) is 19.2 Å². The summed E-state index contributed by atoms with van der Waals surface area (Å²) in [5.74, 6) is 0.972. The van der Waals surface area contributed by atoms with Crippen LogP contribution in [0, 0.1) is 0 Å². The summed E-state index contributed by atoms with van der Waals surface area (Å²) < 4.78 is 0. The molecular formula is C18H21N5O. The Morgan fingerprint density at radius 3 is 2.58 bits per heavy atom. The summed E-state index contributed by atoms with van der Waals surface area (Å²) in [5, 5.41) is 4.09. The van der Waals surface area contributed by atoms with Crippen molar-refractivity contribution in [2.45, 2.75) is 0 Å². The molecule has 0 aliphatic carbocycles. The number of likely N-dealkylation sites (N-methyl/N-ethyl adjacent to an activating group) is 1. The van der Waals surface area contributed by atoms with Crippen LogP contribution < -0.4 is 5.01 Å². The Hall–Kier alpha value is -2.60. The van der Waals surface area contributed by atoms with Crippen LogP contribution in [-0.2, 0) is 4.79 Å². The molecule has 6 heteroatoms. The van der Waals surface area contributed by atoms with Crippen molar-refractivity contribution in [1.29, 1.82) is 0 Å². The van der Waals surface area contributed by atoms with Crippen molar-refractivity contribution in [3.8, 4) is 0 Å². The molecule has 3 aliphatic rings. The fourth-order valence-electron chi connectivity index (χ4n) is 3.17. The van der Waals surface area contributed by atoms with Gasteiger partial charge in [0.1, 0.15) is 5.84 Å². The first kappa shape index (κ1) is 15.0. The highest BCUT2D eigenvalue weighted by Crippen LogP contribution is 2.25.